The molecule has 2 amide bonds. The van der Waals surface area contributed by atoms with E-state index in [1.807, 2.05) is 48.5 Å². The molecule has 208 valence electrons. The second-order valence-corrected chi connectivity index (χ2v) is 10.4. The number of amides is 2. The number of ether oxygens (including phenoxy) is 2. The quantitative estimate of drug-likeness (QED) is 0.130. The predicted octanol–water partition coefficient (Wildman–Crippen LogP) is 3.52. The average molecular weight is 547 g/mol. The number of hydrogen-bond donors (Lipinski definition) is 5. The number of carbonyl (C=O) groups excluding carboxylic acids is 2. The third-order valence-corrected chi connectivity index (χ3v) is 7.41. The first-order valence-electron chi connectivity index (χ1n) is 13.0. The number of benzene rings is 2. The van der Waals surface area contributed by atoms with Crippen LogP contribution in [0.25, 0.3) is 0 Å². The van der Waals surface area contributed by atoms with Crippen LogP contribution in [0.3, 0.4) is 0 Å². The molecule has 3 atom stereocenters. The van der Waals surface area contributed by atoms with Crippen molar-refractivity contribution in [2.45, 2.75) is 70.2 Å². The van der Waals surface area contributed by atoms with Gasteiger partial charge in [0.05, 0.1) is 25.4 Å². The molecule has 0 bridgehead atoms. The van der Waals surface area contributed by atoms with Gasteiger partial charge in [-0.15, -0.1) is 0 Å². The number of hydroxylamine groups is 1. The van der Waals surface area contributed by atoms with Crippen LogP contribution in [0, 0.1) is 0 Å². The first kappa shape index (κ1) is 30.1. The molecule has 0 aromatic heterocycles. The van der Waals surface area contributed by atoms with Crippen LogP contribution in [0.15, 0.2) is 48.5 Å². The average Bonchev–Trinajstić information content (AvgIpc) is 2.96. The Morgan fingerprint density at radius 1 is 0.868 bits per heavy atom. The molecule has 1 fully saturated rings. The van der Waals surface area contributed by atoms with Crippen molar-refractivity contribution in [2.24, 2.45) is 0 Å². The maximum absolute atomic E-state index is 12.1. The van der Waals surface area contributed by atoms with E-state index in [4.69, 9.17) is 19.8 Å². The monoisotopic (exact) mass is 546 g/mol. The standard InChI is InChI=1S/C28H38N2O7S/c31-14-15-38-19-24-16-25(22-10-8-21(18-32)9-11-22)37-28(36-24)23-12-6-20(7-13-23)17-29-26(33)4-2-1-3-5-27(34)30-35/h6-13,24-25,28,31-32,35H,1-5,14-19H2,(H,29,33)(H,30,34)/t24-,25+,28+/m1/s1. The SMILES string of the molecule is O=C(CCCCCC(=O)NCc1ccc([C@H]2O[C@@H](CSCCO)C[C@@H](c3ccc(CO)cc3)O2)cc1)NO. The van der Waals surface area contributed by atoms with Crippen LogP contribution in [0.2, 0.25) is 0 Å². The Kier molecular flexibility index (Phi) is 13.0. The molecule has 1 saturated heterocycles. The third kappa shape index (κ3) is 10.0. The van der Waals surface area contributed by atoms with Gasteiger partial charge >= 0.3 is 0 Å². The van der Waals surface area contributed by atoms with Gasteiger partial charge in [-0.05, 0) is 29.5 Å². The number of thioether (sulfide) groups is 1. The van der Waals surface area contributed by atoms with E-state index in [0.29, 0.717) is 38.0 Å². The molecule has 1 aliphatic rings. The van der Waals surface area contributed by atoms with E-state index in [1.165, 1.54) is 0 Å². The smallest absolute Gasteiger partial charge is 0.243 e. The fourth-order valence-electron chi connectivity index (χ4n) is 4.19. The minimum atomic E-state index is -0.539. The number of hydrogen-bond acceptors (Lipinski definition) is 8. The van der Waals surface area contributed by atoms with Crippen molar-refractivity contribution >= 4 is 23.6 Å². The molecule has 10 heteroatoms. The Balaban J connectivity index is 1.53. The lowest BCUT2D eigenvalue weighted by Gasteiger charge is -2.36. The van der Waals surface area contributed by atoms with Gasteiger partial charge in [0, 0.05) is 42.9 Å². The Bertz CT molecular complexity index is 988. The molecule has 0 aliphatic carbocycles. The number of carbonyl (C=O) groups is 2. The Morgan fingerprint density at radius 2 is 1.53 bits per heavy atom. The van der Waals surface area contributed by atoms with E-state index in [9.17, 15) is 14.7 Å². The van der Waals surface area contributed by atoms with Gasteiger partial charge in [0.1, 0.15) is 0 Å². The molecule has 2 aromatic carbocycles. The lowest BCUT2D eigenvalue weighted by atomic mass is 10.0. The van der Waals surface area contributed by atoms with E-state index in [2.05, 4.69) is 5.32 Å². The first-order chi connectivity index (χ1) is 18.5. The predicted molar refractivity (Wildman–Crippen MR) is 144 cm³/mol. The molecule has 0 radical (unpaired) electrons. The molecule has 1 heterocycles. The second-order valence-electron chi connectivity index (χ2n) is 9.26. The summed E-state index contributed by atoms with van der Waals surface area (Å²) in [5.74, 6) is 0.954. The zero-order valence-corrected chi connectivity index (χ0v) is 22.3. The largest absolute Gasteiger partial charge is 0.396 e. The molecule has 1 aliphatic heterocycles. The van der Waals surface area contributed by atoms with Gasteiger partial charge < -0.3 is 25.0 Å². The molecule has 3 rings (SSSR count). The lowest BCUT2D eigenvalue weighted by molar-refractivity contribution is -0.245. The van der Waals surface area contributed by atoms with Crippen molar-refractivity contribution < 1.29 is 34.5 Å². The molecule has 38 heavy (non-hydrogen) atoms. The lowest BCUT2D eigenvalue weighted by Crippen LogP contribution is -2.31. The molecule has 0 spiro atoms. The maximum atomic E-state index is 12.1. The van der Waals surface area contributed by atoms with Crippen molar-refractivity contribution in [3.05, 3.63) is 70.8 Å². The fraction of sp³-hybridized carbons (Fsp3) is 0.500. The van der Waals surface area contributed by atoms with Gasteiger partial charge in [0.25, 0.3) is 0 Å². The van der Waals surface area contributed by atoms with E-state index in [1.54, 1.807) is 17.2 Å². The summed E-state index contributed by atoms with van der Waals surface area (Å²) in [6, 6.07) is 15.6. The number of nitrogens with one attached hydrogen (secondary N) is 2. The zero-order chi connectivity index (χ0) is 27.2. The Labute approximate surface area is 227 Å². The first-order valence-corrected chi connectivity index (χ1v) is 14.2. The van der Waals surface area contributed by atoms with Crippen LogP contribution in [0.4, 0.5) is 0 Å². The summed E-state index contributed by atoms with van der Waals surface area (Å²) in [6.45, 7) is 0.541. The van der Waals surface area contributed by atoms with Crippen LogP contribution >= 0.6 is 11.8 Å². The van der Waals surface area contributed by atoms with Gasteiger partial charge in [-0.2, -0.15) is 11.8 Å². The third-order valence-electron chi connectivity index (χ3n) is 6.33. The van der Waals surface area contributed by atoms with Crippen LogP contribution in [-0.4, -0.2) is 51.5 Å². The molecule has 0 saturated carbocycles. The summed E-state index contributed by atoms with van der Waals surface area (Å²) in [6.07, 6.45) is 2.65. The highest BCUT2D eigenvalue weighted by molar-refractivity contribution is 7.99. The summed E-state index contributed by atoms with van der Waals surface area (Å²) >= 11 is 1.65. The van der Waals surface area contributed by atoms with Crippen LogP contribution in [0.1, 0.15) is 73.2 Å². The molecular formula is C28H38N2O7S. The summed E-state index contributed by atoms with van der Waals surface area (Å²) in [4.78, 5) is 23.1. The van der Waals surface area contributed by atoms with E-state index in [0.717, 1.165) is 34.4 Å². The summed E-state index contributed by atoms with van der Waals surface area (Å²) in [5, 5.41) is 29.9. The highest BCUT2D eigenvalue weighted by atomic mass is 32.2. The zero-order valence-electron chi connectivity index (χ0n) is 21.5. The minimum absolute atomic E-state index is 0.00370. The summed E-state index contributed by atoms with van der Waals surface area (Å²) in [7, 11) is 0. The number of unbranched alkanes of at least 4 members (excludes halogenated alkanes) is 2. The Hall–Kier alpha value is -2.47. The summed E-state index contributed by atoms with van der Waals surface area (Å²) < 4.78 is 12.6. The van der Waals surface area contributed by atoms with Crippen LogP contribution in [-0.2, 0) is 32.2 Å². The van der Waals surface area contributed by atoms with Crippen molar-refractivity contribution in [2.75, 3.05) is 18.1 Å². The molecule has 5 N–H and O–H groups in total. The normalized spacial score (nSPS) is 19.2. The van der Waals surface area contributed by atoms with Gasteiger partial charge in [-0.1, -0.05) is 55.0 Å². The van der Waals surface area contributed by atoms with Crippen LogP contribution < -0.4 is 10.8 Å². The molecular weight excluding hydrogens is 508 g/mol. The fourth-order valence-corrected chi connectivity index (χ4v) is 4.96. The maximum Gasteiger partial charge on any atom is 0.243 e. The minimum Gasteiger partial charge on any atom is -0.396 e. The highest BCUT2D eigenvalue weighted by Crippen LogP contribution is 2.38. The van der Waals surface area contributed by atoms with Gasteiger partial charge in [0.2, 0.25) is 11.8 Å². The summed E-state index contributed by atoms with van der Waals surface area (Å²) in [5.41, 5.74) is 5.33. The number of rotatable bonds is 15. The number of aliphatic hydroxyl groups is 2. The van der Waals surface area contributed by atoms with Crippen molar-refractivity contribution in [3.63, 3.8) is 0 Å². The highest BCUT2D eigenvalue weighted by Gasteiger charge is 2.32. The molecule has 2 aromatic rings. The second kappa shape index (κ2) is 16.5. The van der Waals surface area contributed by atoms with Crippen molar-refractivity contribution in [3.8, 4) is 0 Å². The van der Waals surface area contributed by atoms with E-state index in [-0.39, 0.29) is 37.7 Å². The molecule has 0 unspecified atom stereocenters. The van der Waals surface area contributed by atoms with Gasteiger partial charge in [-0.3, -0.25) is 14.8 Å². The molecule has 9 nitrogen and oxygen atoms in total. The van der Waals surface area contributed by atoms with Gasteiger partial charge in [0.15, 0.2) is 6.29 Å². The topological polar surface area (TPSA) is 137 Å². The van der Waals surface area contributed by atoms with E-state index >= 15 is 0 Å². The van der Waals surface area contributed by atoms with Crippen LogP contribution in [0.5, 0.6) is 0 Å². The van der Waals surface area contributed by atoms with E-state index < -0.39 is 12.2 Å². The van der Waals surface area contributed by atoms with Crippen molar-refractivity contribution in [1.82, 2.24) is 10.8 Å². The van der Waals surface area contributed by atoms with Crippen molar-refractivity contribution in [1.29, 1.82) is 0 Å². The van der Waals surface area contributed by atoms with Gasteiger partial charge in [-0.25, -0.2) is 5.48 Å². The Morgan fingerprint density at radius 3 is 2.18 bits per heavy atom. The number of aliphatic hydroxyl groups excluding tert-OH is 2.